The van der Waals surface area contributed by atoms with Gasteiger partial charge in [-0.2, -0.15) is 0 Å². The molecule has 90 valence electrons. The highest BCUT2D eigenvalue weighted by Gasteiger charge is 2.10. The molecule has 0 radical (unpaired) electrons. The van der Waals surface area contributed by atoms with Crippen molar-refractivity contribution in [1.82, 2.24) is 10.4 Å². The number of fused-ring (bicyclic) bond motifs is 1. The van der Waals surface area contributed by atoms with Crippen LogP contribution in [-0.4, -0.2) is 31.3 Å². The van der Waals surface area contributed by atoms with E-state index in [2.05, 4.69) is 22.6 Å². The molecule has 17 heavy (non-hydrogen) atoms. The van der Waals surface area contributed by atoms with Crippen molar-refractivity contribution in [2.75, 3.05) is 26.3 Å². The summed E-state index contributed by atoms with van der Waals surface area (Å²) in [6, 6.07) is 10.2. The van der Waals surface area contributed by atoms with E-state index in [4.69, 9.17) is 9.15 Å². The average Bonchev–Trinajstić information content (AvgIpc) is 2.80. The molecule has 4 nitrogen and oxygen atoms in total. The fourth-order valence-electron chi connectivity index (χ4n) is 2.04. The number of hydrazine groups is 1. The summed E-state index contributed by atoms with van der Waals surface area (Å²) in [5.41, 5.74) is 4.31. The maximum absolute atomic E-state index is 5.74. The number of benzene rings is 1. The smallest absolute Gasteiger partial charge is 0.134 e. The topological polar surface area (TPSA) is 37.6 Å². The van der Waals surface area contributed by atoms with Gasteiger partial charge >= 0.3 is 0 Å². The van der Waals surface area contributed by atoms with Crippen molar-refractivity contribution in [3.8, 4) is 0 Å². The molecular formula is C13H16N2O2. The molecule has 0 bridgehead atoms. The number of furan rings is 1. The van der Waals surface area contributed by atoms with E-state index in [1.807, 2.05) is 18.2 Å². The molecule has 3 rings (SSSR count). The predicted molar refractivity (Wildman–Crippen MR) is 65.4 cm³/mol. The van der Waals surface area contributed by atoms with Gasteiger partial charge in [0.2, 0.25) is 0 Å². The van der Waals surface area contributed by atoms with Gasteiger partial charge in [0.15, 0.2) is 0 Å². The Morgan fingerprint density at radius 2 is 2.00 bits per heavy atom. The SMILES string of the molecule is c1ccc2oc(CNN3CCOCC3)cc2c1. The molecule has 1 aliphatic rings. The monoisotopic (exact) mass is 232 g/mol. The quantitative estimate of drug-likeness (QED) is 0.875. The van der Waals surface area contributed by atoms with Crippen LogP contribution in [0, 0.1) is 0 Å². The molecular weight excluding hydrogens is 216 g/mol. The lowest BCUT2D eigenvalue weighted by Crippen LogP contribution is -2.45. The third-order valence-corrected chi connectivity index (χ3v) is 2.96. The van der Waals surface area contributed by atoms with Crippen molar-refractivity contribution < 1.29 is 9.15 Å². The van der Waals surface area contributed by atoms with Crippen LogP contribution >= 0.6 is 0 Å². The minimum absolute atomic E-state index is 0.731. The number of nitrogens with one attached hydrogen (secondary N) is 1. The standard InChI is InChI=1S/C13H16N2O2/c1-2-4-13-11(3-1)9-12(17-13)10-14-15-5-7-16-8-6-15/h1-4,9,14H,5-8,10H2. The fraction of sp³-hybridized carbons (Fsp3) is 0.385. The maximum atomic E-state index is 5.74. The van der Waals surface area contributed by atoms with Crippen molar-refractivity contribution in [3.05, 3.63) is 36.1 Å². The van der Waals surface area contributed by atoms with Gasteiger partial charge in [-0.1, -0.05) is 18.2 Å². The van der Waals surface area contributed by atoms with Crippen LogP contribution in [0.15, 0.2) is 34.7 Å². The largest absolute Gasteiger partial charge is 0.460 e. The van der Waals surface area contributed by atoms with E-state index < -0.39 is 0 Å². The molecule has 0 spiro atoms. The summed E-state index contributed by atoms with van der Waals surface area (Å²) in [5.74, 6) is 0.970. The summed E-state index contributed by atoms with van der Waals surface area (Å²) in [6.45, 7) is 4.19. The second-order valence-electron chi connectivity index (χ2n) is 4.18. The third-order valence-electron chi connectivity index (χ3n) is 2.96. The summed E-state index contributed by atoms with van der Waals surface area (Å²) in [7, 11) is 0. The summed E-state index contributed by atoms with van der Waals surface area (Å²) in [6.07, 6.45) is 0. The van der Waals surface area contributed by atoms with E-state index in [1.165, 1.54) is 0 Å². The van der Waals surface area contributed by atoms with E-state index in [-0.39, 0.29) is 0 Å². The van der Waals surface area contributed by atoms with Crippen molar-refractivity contribution >= 4 is 11.0 Å². The second kappa shape index (κ2) is 4.87. The lowest BCUT2D eigenvalue weighted by atomic mass is 10.2. The number of morpholine rings is 1. The normalized spacial score (nSPS) is 17.6. The van der Waals surface area contributed by atoms with E-state index in [1.54, 1.807) is 0 Å². The number of rotatable bonds is 3. The van der Waals surface area contributed by atoms with Crippen LogP contribution in [0.5, 0.6) is 0 Å². The van der Waals surface area contributed by atoms with Crippen molar-refractivity contribution in [1.29, 1.82) is 0 Å². The zero-order valence-corrected chi connectivity index (χ0v) is 9.69. The minimum Gasteiger partial charge on any atom is -0.460 e. The molecule has 0 atom stereocenters. The second-order valence-corrected chi connectivity index (χ2v) is 4.18. The Morgan fingerprint density at radius 3 is 2.82 bits per heavy atom. The van der Waals surface area contributed by atoms with Crippen LogP contribution in [0.4, 0.5) is 0 Å². The highest BCUT2D eigenvalue weighted by Crippen LogP contribution is 2.18. The van der Waals surface area contributed by atoms with Gasteiger partial charge in [-0.3, -0.25) is 0 Å². The molecule has 0 aliphatic carbocycles. The number of nitrogens with zero attached hydrogens (tertiary/aromatic N) is 1. The Hall–Kier alpha value is -1.36. The Labute approximate surface area is 100 Å². The zero-order chi connectivity index (χ0) is 11.5. The van der Waals surface area contributed by atoms with Gasteiger partial charge in [-0.15, -0.1) is 0 Å². The molecule has 0 saturated carbocycles. The number of ether oxygens (including phenoxy) is 1. The highest BCUT2D eigenvalue weighted by molar-refractivity contribution is 5.77. The molecule has 1 saturated heterocycles. The van der Waals surface area contributed by atoms with E-state index >= 15 is 0 Å². The molecule has 0 amide bonds. The Balaban J connectivity index is 1.64. The van der Waals surface area contributed by atoms with Gasteiger partial charge in [0.25, 0.3) is 0 Å². The summed E-state index contributed by atoms with van der Waals surface area (Å²) in [4.78, 5) is 0. The fourth-order valence-corrected chi connectivity index (χ4v) is 2.04. The molecule has 4 heteroatoms. The van der Waals surface area contributed by atoms with Crippen LogP contribution in [0.25, 0.3) is 11.0 Å². The van der Waals surface area contributed by atoms with Gasteiger partial charge in [-0.05, 0) is 12.1 Å². The molecule has 1 aromatic heterocycles. The summed E-state index contributed by atoms with van der Waals surface area (Å²) in [5, 5.41) is 3.34. The average molecular weight is 232 g/mol. The van der Waals surface area contributed by atoms with Gasteiger partial charge < -0.3 is 9.15 Å². The Kier molecular flexibility index (Phi) is 3.09. The first-order chi connectivity index (χ1) is 8.42. The third kappa shape index (κ3) is 2.49. The van der Waals surface area contributed by atoms with Crippen molar-refractivity contribution in [3.63, 3.8) is 0 Å². The molecule has 1 N–H and O–H groups in total. The van der Waals surface area contributed by atoms with E-state index in [0.717, 1.165) is 49.6 Å². The molecule has 1 fully saturated rings. The van der Waals surface area contributed by atoms with Crippen LogP contribution in [0.2, 0.25) is 0 Å². The van der Waals surface area contributed by atoms with Crippen LogP contribution in [0.3, 0.4) is 0 Å². The summed E-state index contributed by atoms with van der Waals surface area (Å²) >= 11 is 0. The molecule has 1 aliphatic heterocycles. The van der Waals surface area contributed by atoms with E-state index in [9.17, 15) is 0 Å². The van der Waals surface area contributed by atoms with Crippen molar-refractivity contribution in [2.45, 2.75) is 6.54 Å². The molecule has 1 aromatic carbocycles. The van der Waals surface area contributed by atoms with E-state index in [0.29, 0.717) is 0 Å². The van der Waals surface area contributed by atoms with Gasteiger partial charge in [0.05, 0.1) is 19.8 Å². The number of para-hydroxylation sites is 1. The first-order valence-corrected chi connectivity index (χ1v) is 5.95. The first-order valence-electron chi connectivity index (χ1n) is 5.95. The van der Waals surface area contributed by atoms with Crippen LogP contribution in [-0.2, 0) is 11.3 Å². The van der Waals surface area contributed by atoms with Gasteiger partial charge in [0.1, 0.15) is 11.3 Å². The van der Waals surface area contributed by atoms with Gasteiger partial charge in [0, 0.05) is 18.5 Å². The Morgan fingerprint density at radius 1 is 1.18 bits per heavy atom. The minimum atomic E-state index is 0.731. The highest BCUT2D eigenvalue weighted by atomic mass is 16.5. The van der Waals surface area contributed by atoms with Crippen molar-refractivity contribution in [2.24, 2.45) is 0 Å². The summed E-state index contributed by atoms with van der Waals surface area (Å²) < 4.78 is 11.0. The number of hydrogen-bond donors (Lipinski definition) is 1. The molecule has 0 unspecified atom stereocenters. The van der Waals surface area contributed by atoms with Crippen LogP contribution in [0.1, 0.15) is 5.76 Å². The lowest BCUT2D eigenvalue weighted by molar-refractivity contribution is 0.00953. The Bertz CT molecular complexity index is 456. The molecule has 2 aromatic rings. The maximum Gasteiger partial charge on any atom is 0.134 e. The zero-order valence-electron chi connectivity index (χ0n) is 9.69. The number of hydrogen-bond acceptors (Lipinski definition) is 4. The first kappa shape index (κ1) is 10.8. The van der Waals surface area contributed by atoms with Gasteiger partial charge in [-0.25, -0.2) is 10.4 Å². The molecule has 2 heterocycles. The van der Waals surface area contributed by atoms with Crippen LogP contribution < -0.4 is 5.43 Å². The predicted octanol–water partition coefficient (Wildman–Crippen LogP) is 1.77. The lowest BCUT2D eigenvalue weighted by Gasteiger charge is -2.26.